The molecule has 6 heteroatoms. The van der Waals surface area contributed by atoms with Gasteiger partial charge in [-0.15, -0.1) is 0 Å². The van der Waals surface area contributed by atoms with Gasteiger partial charge in [0.15, 0.2) is 0 Å². The van der Waals surface area contributed by atoms with E-state index in [-0.39, 0.29) is 17.9 Å². The van der Waals surface area contributed by atoms with Gasteiger partial charge in [-0.2, -0.15) is 0 Å². The Morgan fingerprint density at radius 1 is 0.868 bits per heavy atom. The number of carbonyl (C=O) groups excluding carboxylic acids is 2. The maximum absolute atomic E-state index is 13.3. The highest BCUT2D eigenvalue weighted by Gasteiger charge is 2.46. The van der Waals surface area contributed by atoms with Crippen LogP contribution in [0.15, 0.2) is 103 Å². The fraction of sp³-hybridized carbons (Fsp3) is 0.156. The molecule has 5 rings (SSSR count). The fourth-order valence-electron chi connectivity index (χ4n) is 4.66. The molecule has 38 heavy (non-hydrogen) atoms. The van der Waals surface area contributed by atoms with Crippen LogP contribution in [0.5, 0.6) is 5.75 Å². The zero-order valence-corrected chi connectivity index (χ0v) is 21.3. The normalized spacial score (nSPS) is 16.6. The molecule has 0 aliphatic carbocycles. The number of nitrogens with zero attached hydrogens (tertiary/aromatic N) is 2. The number of likely N-dealkylation sites (tertiary alicyclic amines) is 1. The predicted molar refractivity (Wildman–Crippen MR) is 145 cm³/mol. The Kier molecular flexibility index (Phi) is 7.05. The molecule has 1 N–H and O–H groups in total. The largest absolute Gasteiger partial charge is 0.507 e. The average Bonchev–Trinajstić information content (AvgIpc) is 3.18. The van der Waals surface area contributed by atoms with E-state index >= 15 is 0 Å². The predicted octanol–water partition coefficient (Wildman–Crippen LogP) is 5.90. The lowest BCUT2D eigenvalue weighted by Gasteiger charge is -2.25. The van der Waals surface area contributed by atoms with E-state index in [9.17, 15) is 14.7 Å². The summed E-state index contributed by atoms with van der Waals surface area (Å²) in [6.07, 6.45) is 3.30. The van der Waals surface area contributed by atoms with E-state index in [1.165, 1.54) is 4.90 Å². The first kappa shape index (κ1) is 25.0. The van der Waals surface area contributed by atoms with Gasteiger partial charge in [-0.1, -0.05) is 59.7 Å². The maximum Gasteiger partial charge on any atom is 0.295 e. The van der Waals surface area contributed by atoms with E-state index < -0.39 is 17.7 Å². The molecule has 4 aromatic rings. The second-order valence-electron chi connectivity index (χ2n) is 9.50. The van der Waals surface area contributed by atoms with Gasteiger partial charge >= 0.3 is 0 Å². The topological polar surface area (TPSA) is 79.7 Å². The molecular formula is C32H28N2O4. The Morgan fingerprint density at radius 3 is 2.26 bits per heavy atom. The number of Topliss-reactive ketones (excluding diaryl/α,β-unsaturated/α-hetero) is 1. The third kappa shape index (κ3) is 5.20. The van der Waals surface area contributed by atoms with Crippen LogP contribution in [-0.2, 0) is 22.7 Å². The van der Waals surface area contributed by atoms with Crippen molar-refractivity contribution < 1.29 is 19.4 Å². The lowest BCUT2D eigenvalue weighted by atomic mass is 9.94. The smallest absolute Gasteiger partial charge is 0.295 e. The van der Waals surface area contributed by atoms with E-state index in [1.807, 2.05) is 56.3 Å². The molecule has 2 heterocycles. The van der Waals surface area contributed by atoms with Gasteiger partial charge in [0.2, 0.25) is 0 Å². The molecule has 1 atom stereocenters. The number of hydrogen-bond donors (Lipinski definition) is 1. The second kappa shape index (κ2) is 10.7. The summed E-state index contributed by atoms with van der Waals surface area (Å²) in [7, 11) is 0. The van der Waals surface area contributed by atoms with Crippen molar-refractivity contribution in [2.75, 3.05) is 0 Å². The number of ether oxygens (including phenoxy) is 1. The summed E-state index contributed by atoms with van der Waals surface area (Å²) in [6.45, 7) is 4.64. The van der Waals surface area contributed by atoms with E-state index in [2.05, 4.69) is 11.1 Å². The van der Waals surface area contributed by atoms with Crippen molar-refractivity contribution in [2.24, 2.45) is 0 Å². The minimum absolute atomic E-state index is 0.0707. The summed E-state index contributed by atoms with van der Waals surface area (Å²) in [5, 5.41) is 11.3. The van der Waals surface area contributed by atoms with Crippen LogP contribution < -0.4 is 4.74 Å². The quantitative estimate of drug-likeness (QED) is 0.193. The van der Waals surface area contributed by atoms with Crippen molar-refractivity contribution >= 4 is 17.4 Å². The van der Waals surface area contributed by atoms with Gasteiger partial charge in [0.05, 0.1) is 11.6 Å². The number of aryl methyl sites for hydroxylation is 2. The van der Waals surface area contributed by atoms with Crippen LogP contribution in [-0.4, -0.2) is 26.7 Å². The molecule has 1 saturated heterocycles. The number of aromatic nitrogens is 1. The molecule has 0 unspecified atom stereocenters. The number of benzene rings is 3. The molecule has 1 aliphatic heterocycles. The van der Waals surface area contributed by atoms with Crippen LogP contribution in [0.4, 0.5) is 0 Å². The molecule has 6 nitrogen and oxygen atoms in total. The number of aliphatic hydroxyl groups excluding tert-OH is 1. The summed E-state index contributed by atoms with van der Waals surface area (Å²) in [5.41, 5.74) is 5.38. The number of amides is 1. The van der Waals surface area contributed by atoms with Crippen LogP contribution >= 0.6 is 0 Å². The molecule has 1 aliphatic rings. The van der Waals surface area contributed by atoms with Gasteiger partial charge in [0.1, 0.15) is 18.1 Å². The lowest BCUT2D eigenvalue weighted by Crippen LogP contribution is -2.29. The lowest BCUT2D eigenvalue weighted by molar-refractivity contribution is -0.140. The summed E-state index contributed by atoms with van der Waals surface area (Å²) in [4.78, 5) is 32.0. The van der Waals surface area contributed by atoms with Crippen molar-refractivity contribution in [3.63, 3.8) is 0 Å². The standard InChI is InChI=1S/C32H28N2O4/c1-21-6-8-25(9-7-21)29-28(31(36)32(37)34(29)19-23-14-16-33-17-15-23)30(35)26-10-12-27(13-11-26)38-20-24-5-3-4-22(2)18-24/h3-18,29,35H,19-20H2,1-2H3/b30-28+/t29-/m1/s1. The van der Waals surface area contributed by atoms with Crippen LogP contribution in [0.1, 0.15) is 39.4 Å². The molecule has 1 fully saturated rings. The first-order chi connectivity index (χ1) is 18.4. The minimum atomic E-state index is -0.721. The number of pyridine rings is 1. The summed E-state index contributed by atoms with van der Waals surface area (Å²) >= 11 is 0. The molecule has 1 amide bonds. The molecule has 0 radical (unpaired) electrons. The number of rotatable bonds is 7. The molecular weight excluding hydrogens is 476 g/mol. The van der Waals surface area contributed by atoms with E-state index in [0.717, 1.165) is 27.8 Å². The van der Waals surface area contributed by atoms with Crippen LogP contribution in [0, 0.1) is 13.8 Å². The first-order valence-corrected chi connectivity index (χ1v) is 12.4. The van der Waals surface area contributed by atoms with Crippen LogP contribution in [0.25, 0.3) is 5.76 Å². The van der Waals surface area contributed by atoms with Gasteiger partial charge in [0.25, 0.3) is 11.7 Å². The van der Waals surface area contributed by atoms with Crippen LogP contribution in [0.2, 0.25) is 0 Å². The molecule has 0 spiro atoms. The zero-order valence-electron chi connectivity index (χ0n) is 21.3. The summed E-state index contributed by atoms with van der Waals surface area (Å²) in [5.74, 6) is -0.929. The van der Waals surface area contributed by atoms with E-state index in [4.69, 9.17) is 4.74 Å². The Bertz CT molecular complexity index is 1490. The first-order valence-electron chi connectivity index (χ1n) is 12.4. The Balaban J connectivity index is 1.47. The Morgan fingerprint density at radius 2 is 1.58 bits per heavy atom. The van der Waals surface area contributed by atoms with Gasteiger partial charge in [0, 0.05) is 24.5 Å². The molecule has 3 aromatic carbocycles. The summed E-state index contributed by atoms with van der Waals surface area (Å²) in [6, 6.07) is 25.5. The number of aliphatic hydroxyl groups is 1. The van der Waals surface area contributed by atoms with Crippen molar-refractivity contribution in [2.45, 2.75) is 33.0 Å². The molecule has 190 valence electrons. The minimum Gasteiger partial charge on any atom is -0.507 e. The van der Waals surface area contributed by atoms with E-state index in [0.29, 0.717) is 17.9 Å². The zero-order chi connectivity index (χ0) is 26.6. The van der Waals surface area contributed by atoms with Crippen molar-refractivity contribution in [1.82, 2.24) is 9.88 Å². The number of hydrogen-bond acceptors (Lipinski definition) is 5. The summed E-state index contributed by atoms with van der Waals surface area (Å²) < 4.78 is 5.90. The SMILES string of the molecule is Cc1ccc([C@@H]2/C(=C(\O)c3ccc(OCc4cccc(C)c4)cc3)C(=O)C(=O)N2Cc2ccncc2)cc1. The van der Waals surface area contributed by atoms with Gasteiger partial charge in [-0.25, -0.2) is 0 Å². The Labute approximate surface area is 221 Å². The Hall–Kier alpha value is -4.71. The highest BCUT2D eigenvalue weighted by Crippen LogP contribution is 2.40. The highest BCUT2D eigenvalue weighted by atomic mass is 16.5. The van der Waals surface area contributed by atoms with Gasteiger partial charge in [-0.3, -0.25) is 14.6 Å². The van der Waals surface area contributed by atoms with Crippen LogP contribution in [0.3, 0.4) is 0 Å². The van der Waals surface area contributed by atoms with Crippen molar-refractivity contribution in [3.8, 4) is 5.75 Å². The third-order valence-electron chi connectivity index (χ3n) is 6.65. The molecule has 0 bridgehead atoms. The second-order valence-corrected chi connectivity index (χ2v) is 9.50. The van der Waals surface area contributed by atoms with Crippen molar-refractivity contribution in [3.05, 3.63) is 136 Å². The van der Waals surface area contributed by atoms with E-state index in [1.54, 1.807) is 48.8 Å². The van der Waals surface area contributed by atoms with Gasteiger partial charge < -0.3 is 14.7 Å². The average molecular weight is 505 g/mol. The highest BCUT2D eigenvalue weighted by molar-refractivity contribution is 6.46. The fourth-order valence-corrected chi connectivity index (χ4v) is 4.66. The molecule has 0 saturated carbocycles. The van der Waals surface area contributed by atoms with Gasteiger partial charge in [-0.05, 0) is 66.9 Å². The number of ketones is 1. The van der Waals surface area contributed by atoms with Crippen molar-refractivity contribution in [1.29, 1.82) is 0 Å². The monoisotopic (exact) mass is 504 g/mol. The molecule has 1 aromatic heterocycles. The number of carbonyl (C=O) groups is 2. The third-order valence-corrected chi connectivity index (χ3v) is 6.65. The maximum atomic E-state index is 13.3.